The number of rotatable bonds is 6. The lowest BCUT2D eigenvalue weighted by Crippen LogP contribution is -2.35. The van der Waals surface area contributed by atoms with Crippen molar-refractivity contribution in [1.29, 1.82) is 0 Å². The Morgan fingerprint density at radius 3 is 2.53 bits per heavy atom. The van der Waals surface area contributed by atoms with Gasteiger partial charge in [0.25, 0.3) is 5.91 Å². The standard InChI is InChI=1S/C26H26N4O4/c1-5-34-25-20(15-31)28-22-18(24(25)32)12-11-17-21(22)27-13-19(23(17)29(2)3)26(33)30(4)14-16-9-7-6-8-10-16/h6-13,25,28H,5,14H2,1-4H3. The van der Waals surface area contributed by atoms with Crippen LogP contribution in [0.25, 0.3) is 10.9 Å². The monoisotopic (exact) mass is 458 g/mol. The first kappa shape index (κ1) is 23.2. The number of aromatic nitrogens is 1. The Morgan fingerprint density at radius 2 is 1.88 bits per heavy atom. The van der Waals surface area contributed by atoms with Crippen molar-refractivity contribution in [1.82, 2.24) is 9.88 Å². The zero-order valence-electron chi connectivity index (χ0n) is 19.6. The molecule has 1 atom stereocenters. The summed E-state index contributed by atoms with van der Waals surface area (Å²) in [4.78, 5) is 46.0. The molecule has 0 aliphatic carbocycles. The fraction of sp³-hybridized carbons (Fsp3) is 0.269. The van der Waals surface area contributed by atoms with E-state index in [0.29, 0.717) is 39.9 Å². The largest absolute Gasteiger partial charge is 0.376 e. The van der Waals surface area contributed by atoms with Crippen LogP contribution in [0.3, 0.4) is 0 Å². The van der Waals surface area contributed by atoms with Gasteiger partial charge in [0.2, 0.25) is 5.78 Å². The van der Waals surface area contributed by atoms with E-state index in [0.717, 1.165) is 5.56 Å². The number of carbonyl (C=O) groups is 2. The van der Waals surface area contributed by atoms with Gasteiger partial charge in [-0.25, -0.2) is 4.79 Å². The first-order chi connectivity index (χ1) is 16.4. The summed E-state index contributed by atoms with van der Waals surface area (Å²) < 4.78 is 5.46. The van der Waals surface area contributed by atoms with Gasteiger partial charge < -0.3 is 19.9 Å². The minimum Gasteiger partial charge on any atom is -0.376 e. The Bertz CT molecular complexity index is 1310. The van der Waals surface area contributed by atoms with Crippen LogP contribution in [0.2, 0.25) is 0 Å². The lowest BCUT2D eigenvalue weighted by molar-refractivity contribution is 0.0572. The van der Waals surface area contributed by atoms with Crippen molar-refractivity contribution in [2.75, 3.05) is 38.0 Å². The van der Waals surface area contributed by atoms with Gasteiger partial charge in [-0.05, 0) is 24.6 Å². The Balaban J connectivity index is 1.80. The highest BCUT2D eigenvalue weighted by atomic mass is 16.5. The average molecular weight is 459 g/mol. The van der Waals surface area contributed by atoms with Gasteiger partial charge in [0.15, 0.2) is 6.10 Å². The van der Waals surface area contributed by atoms with E-state index < -0.39 is 6.10 Å². The summed E-state index contributed by atoms with van der Waals surface area (Å²) in [6.07, 6.45) is 0.501. The Kier molecular flexibility index (Phi) is 6.45. The molecular formula is C26H26N4O4. The highest BCUT2D eigenvalue weighted by molar-refractivity contribution is 6.17. The maximum atomic E-state index is 13.4. The van der Waals surface area contributed by atoms with Crippen molar-refractivity contribution >= 4 is 39.9 Å². The minimum absolute atomic E-state index is 0.0165. The molecule has 8 heteroatoms. The van der Waals surface area contributed by atoms with Crippen LogP contribution in [0.5, 0.6) is 0 Å². The number of nitrogens with zero attached hydrogens (tertiary/aromatic N) is 3. The zero-order valence-corrected chi connectivity index (χ0v) is 19.6. The van der Waals surface area contributed by atoms with Crippen molar-refractivity contribution in [3.8, 4) is 0 Å². The number of carbonyl (C=O) groups excluding carboxylic acids is 3. The van der Waals surface area contributed by atoms with E-state index >= 15 is 0 Å². The van der Waals surface area contributed by atoms with E-state index in [-0.39, 0.29) is 24.0 Å². The molecule has 0 fully saturated rings. The number of pyridine rings is 1. The summed E-state index contributed by atoms with van der Waals surface area (Å²) >= 11 is 0. The van der Waals surface area contributed by atoms with Gasteiger partial charge in [0.1, 0.15) is 11.6 Å². The molecule has 0 spiro atoms. The molecule has 1 aliphatic rings. The molecular weight excluding hydrogens is 432 g/mol. The first-order valence-electron chi connectivity index (χ1n) is 11.0. The van der Waals surface area contributed by atoms with Crippen molar-refractivity contribution in [3.63, 3.8) is 0 Å². The third kappa shape index (κ3) is 4.05. The van der Waals surface area contributed by atoms with Gasteiger partial charge in [-0.15, -0.1) is 0 Å². The lowest BCUT2D eigenvalue weighted by Gasteiger charge is -2.28. The van der Waals surface area contributed by atoms with E-state index in [2.05, 4.69) is 10.3 Å². The molecule has 2 heterocycles. The van der Waals surface area contributed by atoms with Crippen molar-refractivity contribution in [2.45, 2.75) is 19.6 Å². The van der Waals surface area contributed by atoms with Crippen LogP contribution >= 0.6 is 0 Å². The second-order valence-corrected chi connectivity index (χ2v) is 8.29. The van der Waals surface area contributed by atoms with Crippen LogP contribution in [-0.2, 0) is 16.1 Å². The Labute approximate surface area is 197 Å². The van der Waals surface area contributed by atoms with Gasteiger partial charge in [0.05, 0.1) is 22.5 Å². The van der Waals surface area contributed by atoms with E-state index in [1.54, 1.807) is 36.9 Å². The van der Waals surface area contributed by atoms with Crippen LogP contribution in [0.4, 0.5) is 11.4 Å². The highest BCUT2D eigenvalue weighted by Crippen LogP contribution is 2.38. The van der Waals surface area contributed by atoms with Crippen LogP contribution in [-0.4, -0.2) is 61.4 Å². The molecule has 0 bridgehead atoms. The molecule has 3 aromatic rings. The summed E-state index contributed by atoms with van der Waals surface area (Å²) in [5.74, 6) is 1.29. The number of nitrogens with one attached hydrogen (secondary N) is 1. The number of hydrogen-bond donors (Lipinski definition) is 1. The third-order valence-corrected chi connectivity index (χ3v) is 5.77. The van der Waals surface area contributed by atoms with Gasteiger partial charge in [-0.1, -0.05) is 30.3 Å². The van der Waals surface area contributed by atoms with E-state index in [4.69, 9.17) is 4.74 Å². The summed E-state index contributed by atoms with van der Waals surface area (Å²) in [6, 6.07) is 13.2. The number of ketones is 1. The number of Topliss-reactive ketones (excluding diaryl/α,β-unsaturated/α-hetero) is 1. The fourth-order valence-electron chi connectivity index (χ4n) is 4.23. The van der Waals surface area contributed by atoms with E-state index in [1.807, 2.05) is 49.3 Å². The van der Waals surface area contributed by atoms with Crippen molar-refractivity contribution < 1.29 is 19.1 Å². The second kappa shape index (κ2) is 9.47. The predicted molar refractivity (Wildman–Crippen MR) is 131 cm³/mol. The van der Waals surface area contributed by atoms with Crippen LogP contribution < -0.4 is 10.2 Å². The molecule has 0 saturated heterocycles. The zero-order chi connectivity index (χ0) is 24.4. The van der Waals surface area contributed by atoms with Gasteiger partial charge in [-0.2, -0.15) is 0 Å². The molecule has 0 radical (unpaired) electrons. The Hall–Kier alpha value is -4.00. The number of ether oxygens (including phenoxy) is 1. The maximum Gasteiger partial charge on any atom is 0.257 e. The molecule has 1 amide bonds. The summed E-state index contributed by atoms with van der Waals surface area (Å²) in [5, 5.41) is 3.68. The summed E-state index contributed by atoms with van der Waals surface area (Å²) in [6.45, 7) is 2.48. The third-order valence-electron chi connectivity index (χ3n) is 5.77. The lowest BCUT2D eigenvalue weighted by atomic mass is 9.94. The number of amides is 1. The molecule has 8 nitrogen and oxygen atoms in total. The molecule has 1 unspecified atom stereocenters. The topological polar surface area (TPSA) is 91.8 Å². The van der Waals surface area contributed by atoms with E-state index in [1.165, 1.54) is 6.20 Å². The summed E-state index contributed by atoms with van der Waals surface area (Å²) in [7, 11) is 5.45. The second-order valence-electron chi connectivity index (χ2n) is 8.29. The van der Waals surface area contributed by atoms with Crippen LogP contribution in [0.15, 0.2) is 54.4 Å². The molecule has 1 aliphatic heterocycles. The maximum absolute atomic E-state index is 13.4. The fourth-order valence-corrected chi connectivity index (χ4v) is 4.23. The molecule has 1 N–H and O–H groups in total. The van der Waals surface area contributed by atoms with Crippen LogP contribution in [0.1, 0.15) is 33.2 Å². The number of fused-ring (bicyclic) bond motifs is 3. The molecule has 1 aromatic heterocycles. The molecule has 4 rings (SSSR count). The summed E-state index contributed by atoms with van der Waals surface area (Å²) in [5.41, 5.74) is 3.43. The Morgan fingerprint density at radius 1 is 1.15 bits per heavy atom. The number of hydrogen-bond acceptors (Lipinski definition) is 7. The number of anilines is 2. The molecule has 2 aromatic carbocycles. The van der Waals surface area contributed by atoms with Gasteiger partial charge in [0, 0.05) is 51.4 Å². The predicted octanol–water partition coefficient (Wildman–Crippen LogP) is 3.30. The van der Waals surface area contributed by atoms with Crippen molar-refractivity contribution in [3.05, 3.63) is 71.0 Å². The van der Waals surface area contributed by atoms with E-state index in [9.17, 15) is 14.4 Å². The van der Waals surface area contributed by atoms with Crippen LogP contribution in [0, 0.1) is 0 Å². The average Bonchev–Trinajstić information content (AvgIpc) is 2.84. The quantitative estimate of drug-likeness (QED) is 0.567. The first-order valence-corrected chi connectivity index (χ1v) is 11.0. The molecule has 0 saturated carbocycles. The number of benzene rings is 2. The molecule has 174 valence electrons. The van der Waals surface area contributed by atoms with Gasteiger partial charge in [-0.3, -0.25) is 14.6 Å². The van der Waals surface area contributed by atoms with Gasteiger partial charge >= 0.3 is 0 Å². The highest BCUT2D eigenvalue weighted by Gasteiger charge is 2.35. The minimum atomic E-state index is -1.02. The SMILES string of the molecule is CCOC1C(=O)c2ccc3c(N(C)C)c(C(=O)N(C)Cc4ccccc4)cnc3c2NC1=C=O. The normalized spacial score (nSPS) is 14.9. The smallest absolute Gasteiger partial charge is 0.257 e. The molecule has 34 heavy (non-hydrogen) atoms. The van der Waals surface area contributed by atoms with Crippen molar-refractivity contribution in [2.24, 2.45) is 0 Å².